The number of allylic oxidation sites excluding steroid dienone is 1. The van der Waals surface area contributed by atoms with Crippen molar-refractivity contribution in [2.24, 2.45) is 5.41 Å². The van der Waals surface area contributed by atoms with Crippen molar-refractivity contribution in [1.29, 1.82) is 0 Å². The third-order valence-corrected chi connectivity index (χ3v) is 18.6. The van der Waals surface area contributed by atoms with Crippen molar-refractivity contribution < 1.29 is 49.4 Å². The molecule has 4 aromatic rings. The van der Waals surface area contributed by atoms with Crippen LogP contribution in [0.5, 0.6) is 0 Å². The molecule has 3 saturated heterocycles. The van der Waals surface area contributed by atoms with Crippen LogP contribution in [0.3, 0.4) is 0 Å². The number of halogens is 4. The average Bonchev–Trinajstić information content (AvgIpc) is 3.38. The summed E-state index contributed by atoms with van der Waals surface area (Å²) in [6.07, 6.45) is 2.39. The number of benzene rings is 4. The van der Waals surface area contributed by atoms with Crippen LogP contribution >= 0.6 is 23.4 Å². The molecule has 400 valence electrons. The zero-order chi connectivity index (χ0) is 52.7. The van der Waals surface area contributed by atoms with Gasteiger partial charge in [-0.25, -0.2) is 26.4 Å². The van der Waals surface area contributed by atoms with Crippen LogP contribution in [0.25, 0.3) is 5.57 Å². The second kappa shape index (κ2) is 24.0. The first-order valence-electron chi connectivity index (χ1n) is 24.8. The molecule has 3 aliphatic heterocycles. The lowest BCUT2D eigenvalue weighted by atomic mass is 9.71. The Morgan fingerprint density at radius 1 is 0.824 bits per heavy atom. The van der Waals surface area contributed by atoms with Crippen LogP contribution in [0.2, 0.25) is 5.02 Å². The number of nitrogens with one attached hydrogen (secondary N) is 2. The van der Waals surface area contributed by atoms with Crippen molar-refractivity contribution in [3.63, 3.8) is 0 Å². The summed E-state index contributed by atoms with van der Waals surface area (Å²) in [6, 6.07) is 25.6. The Morgan fingerprint density at radius 3 is 2.14 bits per heavy atom. The van der Waals surface area contributed by atoms with Crippen LogP contribution in [0.1, 0.15) is 48.5 Å². The summed E-state index contributed by atoms with van der Waals surface area (Å²) in [5.74, 6) is -0.688. The molecule has 0 bridgehead atoms. The number of sulfonamides is 1. The summed E-state index contributed by atoms with van der Waals surface area (Å²) in [7, 11) is -11.0. The molecule has 0 aromatic heterocycles. The van der Waals surface area contributed by atoms with Crippen molar-refractivity contribution in [2.45, 2.75) is 58.8 Å². The van der Waals surface area contributed by atoms with Gasteiger partial charge in [0, 0.05) is 118 Å². The van der Waals surface area contributed by atoms with E-state index in [-0.39, 0.29) is 11.0 Å². The summed E-state index contributed by atoms with van der Waals surface area (Å²) in [5, 5.41) is 13.1. The normalized spacial score (nSPS) is 20.3. The van der Waals surface area contributed by atoms with E-state index >= 15 is 0 Å². The molecule has 3 heterocycles. The van der Waals surface area contributed by atoms with Crippen molar-refractivity contribution in [2.75, 3.05) is 114 Å². The molecule has 0 saturated carbocycles. The second-order valence-corrected chi connectivity index (χ2v) is 24.8. The summed E-state index contributed by atoms with van der Waals surface area (Å²) in [6.45, 7) is 12.3. The number of sulfone groups is 1. The standard InChI is InChI=1S/C52H63ClF3N7O8S3/c1-51(37-61-23-27-63(28-24-61)50(65)66)19-17-46(38-7-11-41(53)12-8-38)40(34-51)35-60-21-25-62(26-22-60)43-13-9-39(10-14-43)49(64)58-74(69,70)45-15-16-47(48(33-45)73(67,68)52(54,55)56)57-42(18-20-59-29-31-71-32-30-59)36-72-44-5-3-2-4-6-44/h2-16,33,42,57H,17-32,34-37H2,1H3,(H,58,64)(H,65,66). The minimum atomic E-state index is -6.08. The number of carbonyl (C=O) groups is 2. The maximum Gasteiger partial charge on any atom is 0.501 e. The number of thioether (sulfide) groups is 1. The average molecular weight is 1100 g/mol. The van der Waals surface area contributed by atoms with Gasteiger partial charge in [-0.05, 0) is 109 Å². The van der Waals surface area contributed by atoms with Crippen molar-refractivity contribution >= 4 is 72.2 Å². The molecule has 74 heavy (non-hydrogen) atoms. The Labute approximate surface area is 441 Å². The molecule has 1 aliphatic carbocycles. The predicted molar refractivity (Wildman–Crippen MR) is 282 cm³/mol. The van der Waals surface area contributed by atoms with Gasteiger partial charge in [-0.3, -0.25) is 19.5 Å². The Bertz CT molecular complexity index is 2850. The van der Waals surface area contributed by atoms with Gasteiger partial charge in [0.25, 0.3) is 25.8 Å². The number of hydrogen-bond acceptors (Lipinski definition) is 13. The molecule has 8 rings (SSSR count). The maximum atomic E-state index is 14.3. The van der Waals surface area contributed by atoms with E-state index < -0.39 is 58.9 Å². The quantitative estimate of drug-likeness (QED) is 0.0817. The summed E-state index contributed by atoms with van der Waals surface area (Å²) >= 11 is 7.72. The zero-order valence-electron chi connectivity index (χ0n) is 41.2. The van der Waals surface area contributed by atoms with Crippen LogP contribution in [0, 0.1) is 5.41 Å². The van der Waals surface area contributed by atoms with E-state index in [1.165, 1.54) is 39.9 Å². The summed E-state index contributed by atoms with van der Waals surface area (Å²) in [5.41, 5.74) is -1.49. The summed E-state index contributed by atoms with van der Waals surface area (Å²) < 4.78 is 104. The van der Waals surface area contributed by atoms with Gasteiger partial charge in [0.15, 0.2) is 0 Å². The third kappa shape index (κ3) is 14.1. The van der Waals surface area contributed by atoms with Gasteiger partial charge in [-0.2, -0.15) is 13.2 Å². The van der Waals surface area contributed by atoms with Gasteiger partial charge in [-0.1, -0.05) is 54.4 Å². The highest BCUT2D eigenvalue weighted by Gasteiger charge is 2.48. The second-order valence-electron chi connectivity index (χ2n) is 19.7. The number of alkyl halides is 3. The molecule has 0 radical (unpaired) electrons. The molecule has 2 unspecified atom stereocenters. The van der Waals surface area contributed by atoms with Crippen LogP contribution < -0.4 is 14.9 Å². The molecule has 3 fully saturated rings. The van der Waals surface area contributed by atoms with Crippen molar-refractivity contribution in [3.8, 4) is 0 Å². The van der Waals surface area contributed by atoms with Gasteiger partial charge in [0.1, 0.15) is 4.90 Å². The molecule has 3 N–H and O–H groups in total. The van der Waals surface area contributed by atoms with Gasteiger partial charge < -0.3 is 25.0 Å². The van der Waals surface area contributed by atoms with E-state index in [2.05, 4.69) is 44.0 Å². The Balaban J connectivity index is 0.913. The van der Waals surface area contributed by atoms with Crippen molar-refractivity contribution in [3.05, 3.63) is 119 Å². The minimum absolute atomic E-state index is 0.0141. The fourth-order valence-corrected chi connectivity index (χ4v) is 13.3. The fraction of sp³-hybridized carbons (Fsp3) is 0.462. The van der Waals surface area contributed by atoms with Gasteiger partial charge in [0.2, 0.25) is 0 Å². The Kier molecular flexibility index (Phi) is 17.9. The molecule has 22 heteroatoms. The van der Waals surface area contributed by atoms with E-state index in [9.17, 15) is 44.7 Å². The third-order valence-electron chi connectivity index (χ3n) is 14.3. The zero-order valence-corrected chi connectivity index (χ0v) is 44.4. The Morgan fingerprint density at radius 2 is 1.49 bits per heavy atom. The number of nitrogens with zero attached hydrogens (tertiary/aromatic N) is 5. The maximum absolute atomic E-state index is 14.3. The highest BCUT2D eigenvalue weighted by Crippen LogP contribution is 2.44. The first-order valence-corrected chi connectivity index (χ1v) is 29.1. The minimum Gasteiger partial charge on any atom is -0.465 e. The van der Waals surface area contributed by atoms with Gasteiger partial charge in [0.05, 0.1) is 23.8 Å². The molecule has 4 aromatic carbocycles. The van der Waals surface area contributed by atoms with Crippen LogP contribution in [0.4, 0.5) is 29.3 Å². The largest absolute Gasteiger partial charge is 0.501 e. The number of carboxylic acid groups (broad SMARTS) is 1. The first kappa shape index (κ1) is 55.4. The number of hydrogen-bond donors (Lipinski definition) is 3. The van der Waals surface area contributed by atoms with E-state index in [4.69, 9.17) is 16.3 Å². The number of ether oxygens (including phenoxy) is 1. The molecular weight excluding hydrogens is 1040 g/mol. The van der Waals surface area contributed by atoms with Crippen LogP contribution in [0.15, 0.2) is 117 Å². The van der Waals surface area contributed by atoms with Crippen LogP contribution in [-0.4, -0.2) is 169 Å². The van der Waals surface area contributed by atoms with E-state index in [1.54, 1.807) is 12.1 Å². The lowest BCUT2D eigenvalue weighted by Gasteiger charge is -2.44. The molecular formula is C52H63ClF3N7O8S3. The van der Waals surface area contributed by atoms with Crippen molar-refractivity contribution in [1.82, 2.24) is 24.3 Å². The molecule has 4 aliphatic rings. The van der Waals surface area contributed by atoms with Gasteiger partial charge in [-0.15, -0.1) is 11.8 Å². The lowest BCUT2D eigenvalue weighted by molar-refractivity contribution is -0.0436. The topological polar surface area (TPSA) is 172 Å². The van der Waals surface area contributed by atoms with E-state index in [0.29, 0.717) is 95.4 Å². The Hall–Kier alpha value is -4.87. The SMILES string of the molecule is CC1(CN2CCN(C(=O)O)CC2)CCC(c2ccc(Cl)cc2)=C(CN2CCN(c3ccc(C(=O)NS(=O)(=O)c4ccc(NC(CCN5CCOCC5)CSc5ccccc5)c(S(=O)(=O)C(F)(F)F)c4)cc3)CC2)C1. The number of carbonyl (C=O) groups excluding carboxylic acids is 1. The number of amides is 2. The summed E-state index contributed by atoms with van der Waals surface area (Å²) in [4.78, 5) is 34.4. The molecule has 2 atom stereocenters. The van der Waals surface area contributed by atoms with Crippen LogP contribution in [-0.2, 0) is 24.6 Å². The number of piperazine rings is 2. The number of rotatable bonds is 18. The lowest BCUT2D eigenvalue weighted by Crippen LogP contribution is -2.51. The van der Waals surface area contributed by atoms with E-state index in [0.717, 1.165) is 73.7 Å². The number of anilines is 2. The molecule has 2 amide bonds. The van der Waals surface area contributed by atoms with Gasteiger partial charge >= 0.3 is 11.6 Å². The van der Waals surface area contributed by atoms with E-state index in [1.807, 2.05) is 47.2 Å². The molecule has 15 nitrogen and oxygen atoms in total. The predicted octanol–water partition coefficient (Wildman–Crippen LogP) is 8.11. The first-order chi connectivity index (χ1) is 35.2. The smallest absolute Gasteiger partial charge is 0.465 e. The number of morpholine rings is 1. The highest BCUT2D eigenvalue weighted by atomic mass is 35.5. The monoisotopic (exact) mass is 1100 g/mol. The fourth-order valence-electron chi connectivity index (χ4n) is 10.2. The highest BCUT2D eigenvalue weighted by molar-refractivity contribution is 7.99. The molecule has 0 spiro atoms.